The molecule has 0 aliphatic rings. The van der Waals surface area contributed by atoms with Gasteiger partial charge in [-0.1, -0.05) is 0 Å². The molecule has 0 amide bonds. The molecule has 0 saturated heterocycles. The Balaban J connectivity index is -0.00000000679. The van der Waals surface area contributed by atoms with E-state index in [0.717, 1.165) is 0 Å². The second kappa shape index (κ2) is 76.6. The van der Waals surface area contributed by atoms with E-state index in [1.54, 1.807) is 0 Å². The van der Waals surface area contributed by atoms with Gasteiger partial charge in [-0.3, -0.25) is 0 Å². The summed E-state index contributed by atoms with van der Waals surface area (Å²) in [7, 11) is 12.4. The van der Waals surface area contributed by atoms with E-state index in [2.05, 4.69) is 8.25 Å². The maximum absolute atomic E-state index is 8.16. The molecule has 127 valence electrons. The fourth-order valence-corrected chi connectivity index (χ4v) is 1.09. The number of hydrogen-bond acceptors (Lipinski definition) is 4. The van der Waals surface area contributed by atoms with Crippen molar-refractivity contribution in [2.45, 2.75) is 0 Å². The number of hydrogen-bond donors (Lipinski definition) is 2. The van der Waals surface area contributed by atoms with Crippen molar-refractivity contribution in [3.63, 3.8) is 0 Å². The molecule has 18 heteroatoms. The molecule has 0 aromatic rings. The van der Waals surface area contributed by atoms with Gasteiger partial charge in [0.25, 0.3) is 0 Å². The normalized spacial score (nSPS) is 6.50. The zero-order valence-electron chi connectivity index (χ0n) is 8.22. The number of rotatable bonds is 3. The molecule has 0 saturated carbocycles. The molecule has 0 aliphatic heterocycles. The molecule has 0 heterocycles. The van der Waals surface area contributed by atoms with Gasteiger partial charge in [-0.25, -0.2) is 15.3 Å². The molecule has 0 spiro atoms. The van der Waals surface area contributed by atoms with Crippen LogP contribution in [0.4, 0.5) is 0 Å². The summed E-state index contributed by atoms with van der Waals surface area (Å²) in [5.74, 6) is 0. The fraction of sp³-hybridized carbons (Fsp3) is 0. The summed E-state index contributed by atoms with van der Waals surface area (Å²) >= 11 is -0.589. The molecule has 0 aromatic carbocycles. The quantitative estimate of drug-likeness (QED) is 0.193. The molecule has 12 nitrogen and oxygen atoms in total. The van der Waals surface area contributed by atoms with E-state index >= 15 is 0 Å². The molecule has 18 N–H and O–H groups in total. The van der Waals surface area contributed by atoms with Gasteiger partial charge >= 0.3 is 56.6 Å². The van der Waals surface area contributed by atoms with Gasteiger partial charge in [-0.15, -0.1) is 0 Å². The third-order valence-electron chi connectivity index (χ3n) is 0.200. The van der Waals surface area contributed by atoms with Crippen LogP contribution in [0.2, 0.25) is 0 Å². The van der Waals surface area contributed by atoms with Gasteiger partial charge < -0.3 is 52.3 Å². The standard InChI is InChI=1S/Al.3ClH.Fe.H2O4P.8H2O/c;;;;;1-4-5(2)3;;;;;;;;/h;3*1H;;1-2H;8*1H2/q+2;;;;+2;-1;;;;;;;;/p-3. The van der Waals surface area contributed by atoms with Crippen molar-refractivity contribution in [1.29, 1.82) is 0 Å². The minimum absolute atomic E-state index is 0. The molecular formula is H18AlCl3FeO12P. The fourth-order valence-electron chi connectivity index (χ4n) is 0.0533. The van der Waals surface area contributed by atoms with Crippen molar-refractivity contribution in [3.8, 4) is 0 Å². The minimum atomic E-state index is -2.12. The predicted octanol–water partition coefficient (Wildman–Crippen LogP) is -4.74. The van der Waals surface area contributed by atoms with Crippen LogP contribution in [0.1, 0.15) is 0 Å². The zero-order valence-corrected chi connectivity index (χ0v) is 13.6. The second-order valence-electron chi connectivity index (χ2n) is 0.564. The third kappa shape index (κ3) is 108. The Morgan fingerprint density at radius 2 is 1.11 bits per heavy atom. The van der Waals surface area contributed by atoms with Crippen LogP contribution in [0.25, 0.3) is 0 Å². The summed E-state index contributed by atoms with van der Waals surface area (Å²) in [5, 5.41) is 7.57. The van der Waals surface area contributed by atoms with Crippen LogP contribution in [0, 0.1) is 0 Å². The van der Waals surface area contributed by atoms with Crippen molar-refractivity contribution in [1.82, 2.24) is 0 Å². The van der Waals surface area contributed by atoms with Crippen molar-refractivity contribution >= 4 is 53.5 Å². The van der Waals surface area contributed by atoms with Crippen LogP contribution in [-0.4, -0.2) is 68.6 Å². The van der Waals surface area contributed by atoms with Crippen molar-refractivity contribution < 1.29 is 75.3 Å². The Kier molecular flexibility index (Phi) is 309. The van der Waals surface area contributed by atoms with E-state index in [1.165, 1.54) is 0 Å². The third-order valence-corrected chi connectivity index (χ3v) is 2.10. The molecule has 1 radical (unpaired) electrons. The SMILES string of the molecule is O.O.O.O.O.O.O.O.OOP(O)[O][Al][Cl].[Cl][Fe][Cl]. The Labute approximate surface area is 128 Å². The van der Waals surface area contributed by atoms with E-state index in [4.69, 9.17) is 40.4 Å². The van der Waals surface area contributed by atoms with Gasteiger partial charge in [-0.05, 0) is 0 Å². The van der Waals surface area contributed by atoms with Crippen LogP contribution >= 0.6 is 38.8 Å². The molecule has 0 aromatic heterocycles. The molecule has 0 aliphatic carbocycles. The Morgan fingerprint density at radius 3 is 1.17 bits per heavy atom. The first kappa shape index (κ1) is 72.6. The summed E-state index contributed by atoms with van der Waals surface area (Å²) < 4.78 is 7.51. The average Bonchev–Trinajstić information content (AvgIpc) is 1.90. The van der Waals surface area contributed by atoms with E-state index in [-0.39, 0.29) is 56.9 Å². The van der Waals surface area contributed by atoms with Gasteiger partial charge in [0.15, 0.2) is 0 Å². The Morgan fingerprint density at radius 1 is 0.889 bits per heavy atom. The summed E-state index contributed by atoms with van der Waals surface area (Å²) in [5.41, 5.74) is 0. The van der Waals surface area contributed by atoms with Crippen LogP contribution in [0.3, 0.4) is 0 Å². The Bertz CT molecular complexity index is 66.6. The van der Waals surface area contributed by atoms with Crippen molar-refractivity contribution in [3.05, 3.63) is 0 Å². The average molecular weight is 430 g/mol. The predicted molar refractivity (Wildman–Crippen MR) is 66.2 cm³/mol. The summed E-state index contributed by atoms with van der Waals surface area (Å²) in [6.45, 7) is 0. The molecule has 0 bridgehead atoms. The maximum atomic E-state index is 8.16. The van der Waals surface area contributed by atoms with E-state index in [0.29, 0.717) is 0 Å². The molecule has 1 unspecified atom stereocenters. The molecule has 0 rings (SSSR count). The van der Waals surface area contributed by atoms with Gasteiger partial charge in [0.05, 0.1) is 0 Å². The molecule has 18 heavy (non-hydrogen) atoms. The first-order valence-corrected chi connectivity index (χ1v) is 7.85. The molecular weight excluding hydrogens is 412 g/mol. The van der Waals surface area contributed by atoms with Crippen LogP contribution in [0.5, 0.6) is 0 Å². The van der Waals surface area contributed by atoms with Crippen molar-refractivity contribution in [2.24, 2.45) is 0 Å². The number of halogens is 3. The first-order valence-electron chi connectivity index (χ1n) is 1.47. The monoisotopic (exact) mass is 429 g/mol. The van der Waals surface area contributed by atoms with Gasteiger partial charge in [0.2, 0.25) is 0 Å². The first-order chi connectivity index (χ1) is 4.72. The Hall–Kier alpha value is 1.87. The van der Waals surface area contributed by atoms with Crippen molar-refractivity contribution in [2.75, 3.05) is 0 Å². The van der Waals surface area contributed by atoms with Crippen LogP contribution < -0.4 is 0 Å². The van der Waals surface area contributed by atoms with Crippen LogP contribution in [0.15, 0.2) is 0 Å². The van der Waals surface area contributed by atoms with E-state index < -0.39 is 23.2 Å². The van der Waals surface area contributed by atoms with E-state index in [9.17, 15) is 0 Å². The topological polar surface area (TPSA) is 311 Å². The summed E-state index contributed by atoms with van der Waals surface area (Å²) in [6, 6.07) is 0. The van der Waals surface area contributed by atoms with Gasteiger partial charge in [0, 0.05) is 0 Å². The summed E-state index contributed by atoms with van der Waals surface area (Å²) in [6.07, 6.45) is 0. The second-order valence-corrected chi connectivity index (χ2v) is 4.58. The van der Waals surface area contributed by atoms with E-state index in [1.807, 2.05) is 0 Å². The van der Waals surface area contributed by atoms with Gasteiger partial charge in [-0.2, -0.15) is 4.67 Å². The molecule has 0 fully saturated rings. The molecule has 1 atom stereocenters. The zero-order chi connectivity index (χ0) is 8.41. The van der Waals surface area contributed by atoms with Gasteiger partial charge in [0.1, 0.15) is 0 Å². The van der Waals surface area contributed by atoms with Crippen LogP contribution in [-0.2, 0) is 21.4 Å². The summed E-state index contributed by atoms with van der Waals surface area (Å²) in [4.78, 5) is 8.16.